The minimum Gasteiger partial charge on any atom is -0.143 e. The van der Waals surface area contributed by atoms with Gasteiger partial charge in [0.15, 0.2) is 0 Å². The molecule has 0 saturated carbocycles. The lowest BCUT2D eigenvalue weighted by atomic mass is 9.80. The molecule has 0 N–H and O–H groups in total. The third kappa shape index (κ3) is 7.16. The molecular formula is C46H54S4. The fraction of sp³-hybridized carbons (Fsp3) is 0.391. The summed E-state index contributed by atoms with van der Waals surface area (Å²) in [6.07, 6.45) is 0. The molecule has 0 aliphatic carbocycles. The first kappa shape index (κ1) is 37.0. The van der Waals surface area contributed by atoms with Crippen molar-refractivity contribution in [1.82, 2.24) is 0 Å². The molecule has 6 aromatic rings. The highest BCUT2D eigenvalue weighted by molar-refractivity contribution is 7.29. The molecule has 0 aliphatic heterocycles. The van der Waals surface area contributed by atoms with Crippen LogP contribution in [0.2, 0.25) is 0 Å². The highest BCUT2D eigenvalue weighted by Crippen LogP contribution is 2.55. The normalized spacial score (nSPS) is 12.3. The fourth-order valence-corrected chi connectivity index (χ4v) is 11.2. The van der Waals surface area contributed by atoms with Gasteiger partial charge >= 0.3 is 0 Å². The van der Waals surface area contributed by atoms with E-state index in [0.29, 0.717) is 35.5 Å². The molecule has 0 fully saturated rings. The summed E-state index contributed by atoms with van der Waals surface area (Å²) < 4.78 is 0. The van der Waals surface area contributed by atoms with Gasteiger partial charge in [0.05, 0.1) is 9.75 Å². The van der Waals surface area contributed by atoms with Gasteiger partial charge in [0.1, 0.15) is 0 Å². The molecule has 4 aromatic heterocycles. The first-order chi connectivity index (χ1) is 23.8. The van der Waals surface area contributed by atoms with Crippen LogP contribution in [0.25, 0.3) is 51.5 Å². The van der Waals surface area contributed by atoms with E-state index in [-0.39, 0.29) is 0 Å². The zero-order valence-electron chi connectivity index (χ0n) is 32.0. The molecule has 0 nitrogen and oxygen atoms in total. The van der Waals surface area contributed by atoms with Crippen LogP contribution in [0.5, 0.6) is 0 Å². The Labute approximate surface area is 318 Å². The molecule has 0 amide bonds. The van der Waals surface area contributed by atoms with Gasteiger partial charge in [-0.2, -0.15) is 0 Å². The van der Waals surface area contributed by atoms with Crippen LogP contribution >= 0.6 is 45.3 Å². The minimum atomic E-state index is 0.410. The zero-order chi connectivity index (χ0) is 36.0. The number of hydrogen-bond acceptors (Lipinski definition) is 4. The van der Waals surface area contributed by atoms with E-state index in [0.717, 1.165) is 0 Å². The molecular weight excluding hydrogens is 681 g/mol. The lowest BCUT2D eigenvalue weighted by Gasteiger charge is -2.25. The molecule has 0 bridgehead atoms. The Morgan fingerprint density at radius 1 is 0.380 bits per heavy atom. The average molecular weight is 735 g/mol. The van der Waals surface area contributed by atoms with Crippen LogP contribution in [0.3, 0.4) is 0 Å². The van der Waals surface area contributed by atoms with Gasteiger partial charge in [-0.05, 0) is 115 Å². The van der Waals surface area contributed by atoms with E-state index in [1.54, 1.807) is 0 Å². The van der Waals surface area contributed by atoms with Crippen molar-refractivity contribution in [3.8, 4) is 51.5 Å². The highest BCUT2D eigenvalue weighted by Gasteiger charge is 2.29. The summed E-state index contributed by atoms with van der Waals surface area (Å²) in [7, 11) is 0. The monoisotopic (exact) mass is 734 g/mol. The first-order valence-electron chi connectivity index (χ1n) is 18.5. The quantitative estimate of drug-likeness (QED) is 0.124. The fourth-order valence-electron chi connectivity index (χ4n) is 7.10. The standard InChI is InChI=1S/C46H54S4/c1-25(2)31-19-33(27(5)6)43(34(20-31)28(7)8)37-23-41(39-15-13-17-47-39)49-45(37)46-38(24-42(50-46)40-16-14-18-48-40)44-35(29(9)10)21-32(26(3)4)22-36(44)30(11)12/h13-30H,1-12H3. The van der Waals surface area contributed by atoms with Crippen molar-refractivity contribution in [2.45, 2.75) is 119 Å². The van der Waals surface area contributed by atoms with Gasteiger partial charge in [-0.3, -0.25) is 0 Å². The number of benzene rings is 2. The SMILES string of the molecule is CC(C)c1cc(C(C)C)c(-c2cc(-c3cccs3)sc2-c2sc(-c3cccs3)cc2-c2c(C(C)C)cc(C(C)C)cc2C(C)C)c(C(C)C)c1. The maximum Gasteiger partial charge on any atom is 0.0534 e. The molecule has 262 valence electrons. The van der Waals surface area contributed by atoms with Crippen molar-refractivity contribution < 1.29 is 0 Å². The second-order valence-corrected chi connectivity index (χ2v) is 19.7. The molecule has 0 atom stereocenters. The van der Waals surface area contributed by atoms with Crippen molar-refractivity contribution in [2.75, 3.05) is 0 Å². The Kier molecular flexibility index (Phi) is 11.2. The molecule has 6 rings (SSSR count). The van der Waals surface area contributed by atoms with Gasteiger partial charge in [-0.1, -0.05) is 119 Å². The predicted molar refractivity (Wildman–Crippen MR) is 230 cm³/mol. The lowest BCUT2D eigenvalue weighted by Crippen LogP contribution is -2.04. The zero-order valence-corrected chi connectivity index (χ0v) is 35.3. The van der Waals surface area contributed by atoms with Gasteiger partial charge in [0.2, 0.25) is 0 Å². The van der Waals surface area contributed by atoms with E-state index in [2.05, 4.69) is 155 Å². The van der Waals surface area contributed by atoms with Gasteiger partial charge in [-0.25, -0.2) is 0 Å². The molecule has 0 unspecified atom stereocenters. The molecule has 0 saturated heterocycles. The summed E-state index contributed by atoms with van der Waals surface area (Å²) in [5.74, 6) is 2.61. The Morgan fingerprint density at radius 3 is 0.940 bits per heavy atom. The minimum absolute atomic E-state index is 0.410. The summed E-state index contributed by atoms with van der Waals surface area (Å²) in [6.45, 7) is 28.4. The largest absolute Gasteiger partial charge is 0.143 e. The van der Waals surface area contributed by atoms with Crippen molar-refractivity contribution in [2.24, 2.45) is 0 Å². The molecule has 0 aliphatic rings. The van der Waals surface area contributed by atoms with Gasteiger partial charge in [0.25, 0.3) is 0 Å². The van der Waals surface area contributed by atoms with Crippen LogP contribution in [-0.2, 0) is 0 Å². The Balaban J connectivity index is 1.76. The molecule has 50 heavy (non-hydrogen) atoms. The van der Waals surface area contributed by atoms with E-state index < -0.39 is 0 Å². The van der Waals surface area contributed by atoms with Crippen molar-refractivity contribution in [3.63, 3.8) is 0 Å². The predicted octanol–water partition coefficient (Wildman–Crippen LogP) is 17.0. The summed E-state index contributed by atoms with van der Waals surface area (Å²) in [6, 6.07) is 24.1. The molecule has 2 aromatic carbocycles. The summed E-state index contributed by atoms with van der Waals surface area (Å²) in [4.78, 5) is 8.25. The topological polar surface area (TPSA) is 0 Å². The maximum absolute atomic E-state index is 2.54. The van der Waals surface area contributed by atoms with Gasteiger partial charge < -0.3 is 0 Å². The second kappa shape index (κ2) is 15.1. The van der Waals surface area contributed by atoms with Gasteiger partial charge in [-0.15, -0.1) is 45.3 Å². The lowest BCUT2D eigenvalue weighted by molar-refractivity contribution is 0.807. The van der Waals surface area contributed by atoms with Crippen LogP contribution in [-0.4, -0.2) is 0 Å². The van der Waals surface area contributed by atoms with Crippen LogP contribution < -0.4 is 0 Å². The molecule has 0 spiro atoms. The van der Waals surface area contributed by atoms with Crippen LogP contribution in [0.15, 0.2) is 71.4 Å². The molecule has 4 heteroatoms. The van der Waals surface area contributed by atoms with Crippen LogP contribution in [0.4, 0.5) is 0 Å². The second-order valence-electron chi connectivity index (χ2n) is 15.7. The highest BCUT2D eigenvalue weighted by atomic mass is 32.1. The Bertz CT molecular complexity index is 1850. The van der Waals surface area contributed by atoms with Crippen molar-refractivity contribution in [1.29, 1.82) is 0 Å². The van der Waals surface area contributed by atoms with Crippen LogP contribution in [0.1, 0.15) is 152 Å². The van der Waals surface area contributed by atoms with Crippen molar-refractivity contribution >= 4 is 45.3 Å². The van der Waals surface area contributed by atoms with Crippen LogP contribution in [0, 0.1) is 0 Å². The third-order valence-electron chi connectivity index (χ3n) is 10.0. The summed E-state index contributed by atoms with van der Waals surface area (Å²) >= 11 is 7.70. The van der Waals surface area contributed by atoms with Gasteiger partial charge in [0, 0.05) is 30.6 Å². The van der Waals surface area contributed by atoms with E-state index >= 15 is 0 Å². The molecule has 4 heterocycles. The van der Waals surface area contributed by atoms with E-state index in [4.69, 9.17) is 0 Å². The Morgan fingerprint density at radius 2 is 0.700 bits per heavy atom. The number of hydrogen-bond donors (Lipinski definition) is 0. The number of thiophene rings is 4. The average Bonchev–Trinajstić information content (AvgIpc) is 3.89. The summed E-state index contributed by atoms with van der Waals surface area (Å²) in [5.41, 5.74) is 14.5. The first-order valence-corrected chi connectivity index (χ1v) is 21.9. The van der Waals surface area contributed by atoms with E-state index in [1.807, 2.05) is 45.3 Å². The van der Waals surface area contributed by atoms with Crippen molar-refractivity contribution in [3.05, 3.63) is 105 Å². The van der Waals surface area contributed by atoms with E-state index in [1.165, 1.54) is 84.9 Å². The van der Waals surface area contributed by atoms with E-state index in [9.17, 15) is 0 Å². The smallest absolute Gasteiger partial charge is 0.0534 e. The maximum atomic E-state index is 2.54. The third-order valence-corrected chi connectivity index (χ3v) is 14.6. The summed E-state index contributed by atoms with van der Waals surface area (Å²) in [5, 5.41) is 4.44. The Hall–Kier alpha value is -2.76. The number of rotatable bonds is 11. The molecule has 0 radical (unpaired) electrons.